The number of nitrogens with zero attached hydrogens (tertiary/aromatic N) is 2. The summed E-state index contributed by atoms with van der Waals surface area (Å²) in [5, 5.41) is 14.9. The van der Waals surface area contributed by atoms with Crippen LogP contribution < -0.4 is 10.6 Å². The number of hydrogen-bond donors (Lipinski definition) is 2. The lowest BCUT2D eigenvalue weighted by Gasteiger charge is -2.22. The van der Waals surface area contributed by atoms with E-state index in [2.05, 4.69) is 20.8 Å². The fourth-order valence-electron chi connectivity index (χ4n) is 1.98. The maximum Gasteiger partial charge on any atom is 0.408 e. The Labute approximate surface area is 140 Å². The van der Waals surface area contributed by atoms with Gasteiger partial charge in [0.2, 0.25) is 11.0 Å². The zero-order chi connectivity index (χ0) is 17.0. The van der Waals surface area contributed by atoms with Crippen LogP contribution >= 0.6 is 11.3 Å². The Balaban J connectivity index is 1.92. The molecule has 128 valence electrons. The van der Waals surface area contributed by atoms with Crippen LogP contribution in [0, 0.1) is 0 Å². The zero-order valence-electron chi connectivity index (χ0n) is 14.0. The Morgan fingerprint density at radius 3 is 2.61 bits per heavy atom. The number of carbonyl (C=O) groups is 2. The minimum absolute atomic E-state index is 0.295. The van der Waals surface area contributed by atoms with Crippen molar-refractivity contribution in [2.45, 2.75) is 70.9 Å². The lowest BCUT2D eigenvalue weighted by molar-refractivity contribution is -0.118. The van der Waals surface area contributed by atoms with Crippen LogP contribution in [0.15, 0.2) is 0 Å². The Morgan fingerprint density at radius 1 is 1.35 bits per heavy atom. The molecule has 23 heavy (non-hydrogen) atoms. The summed E-state index contributed by atoms with van der Waals surface area (Å²) in [5.74, 6) is 0.209. The van der Waals surface area contributed by atoms with Gasteiger partial charge in [-0.1, -0.05) is 24.7 Å². The molecule has 1 unspecified atom stereocenters. The second-order valence-electron chi connectivity index (χ2n) is 6.70. The molecule has 1 heterocycles. The van der Waals surface area contributed by atoms with Gasteiger partial charge in [-0.05, 0) is 40.0 Å². The summed E-state index contributed by atoms with van der Waals surface area (Å²) < 4.78 is 5.20. The molecule has 1 saturated carbocycles. The van der Waals surface area contributed by atoms with E-state index < -0.39 is 17.7 Å². The average molecular weight is 340 g/mol. The predicted octanol–water partition coefficient (Wildman–Crippen LogP) is 3.05. The van der Waals surface area contributed by atoms with Crippen LogP contribution in [0.1, 0.15) is 64.3 Å². The molecule has 2 N–H and O–H groups in total. The van der Waals surface area contributed by atoms with Crippen LogP contribution in [-0.2, 0) is 9.53 Å². The monoisotopic (exact) mass is 340 g/mol. The first-order valence-electron chi connectivity index (χ1n) is 7.92. The summed E-state index contributed by atoms with van der Waals surface area (Å²) in [6.07, 6.45) is 2.97. The van der Waals surface area contributed by atoms with Crippen molar-refractivity contribution in [3.8, 4) is 0 Å². The molecule has 0 aromatic carbocycles. The van der Waals surface area contributed by atoms with Gasteiger partial charge in [-0.15, -0.1) is 10.2 Å². The first-order chi connectivity index (χ1) is 10.8. The van der Waals surface area contributed by atoms with Crippen molar-refractivity contribution in [3.63, 3.8) is 0 Å². The van der Waals surface area contributed by atoms with Crippen LogP contribution in [0.5, 0.6) is 0 Å². The third-order valence-electron chi connectivity index (χ3n) is 3.18. The Kier molecular flexibility index (Phi) is 5.56. The highest BCUT2D eigenvalue weighted by Crippen LogP contribution is 2.42. The molecule has 0 bridgehead atoms. The van der Waals surface area contributed by atoms with Gasteiger partial charge in [-0.25, -0.2) is 4.79 Å². The normalized spacial score (nSPS) is 15.8. The number of aromatic nitrogens is 2. The number of hydrogen-bond acceptors (Lipinski definition) is 6. The standard InChI is InChI=1S/C15H24N4O3S/c1-5-6-10(16-14(21)22-15(2,3)4)11(20)17-13-19-18-12(23-13)9-7-8-9/h9-10H,5-8H2,1-4H3,(H,16,21)(H,17,19,20). The van der Waals surface area contributed by atoms with E-state index in [1.807, 2.05) is 6.92 Å². The topological polar surface area (TPSA) is 93.2 Å². The van der Waals surface area contributed by atoms with Crippen molar-refractivity contribution in [2.24, 2.45) is 0 Å². The van der Waals surface area contributed by atoms with Crippen molar-refractivity contribution in [3.05, 3.63) is 5.01 Å². The summed E-state index contributed by atoms with van der Waals surface area (Å²) in [4.78, 5) is 24.2. The largest absolute Gasteiger partial charge is 0.444 e. The molecule has 2 amide bonds. The van der Waals surface area contributed by atoms with Gasteiger partial charge in [0.15, 0.2) is 0 Å². The van der Waals surface area contributed by atoms with Gasteiger partial charge in [-0.3, -0.25) is 10.1 Å². The minimum Gasteiger partial charge on any atom is -0.444 e. The summed E-state index contributed by atoms with van der Waals surface area (Å²) in [5.41, 5.74) is -0.601. The Morgan fingerprint density at radius 2 is 2.04 bits per heavy atom. The molecule has 0 aliphatic heterocycles. The average Bonchev–Trinajstić information content (AvgIpc) is 3.17. The molecular weight excluding hydrogens is 316 g/mol. The van der Waals surface area contributed by atoms with Crippen molar-refractivity contribution < 1.29 is 14.3 Å². The summed E-state index contributed by atoms with van der Waals surface area (Å²) in [6.45, 7) is 7.29. The molecule has 1 aromatic rings. The fraction of sp³-hybridized carbons (Fsp3) is 0.733. The molecule has 2 rings (SSSR count). The van der Waals surface area contributed by atoms with E-state index in [0.717, 1.165) is 24.3 Å². The third-order valence-corrected chi connectivity index (χ3v) is 4.18. The smallest absolute Gasteiger partial charge is 0.408 e. The van der Waals surface area contributed by atoms with E-state index in [0.29, 0.717) is 17.5 Å². The maximum absolute atomic E-state index is 12.4. The second-order valence-corrected chi connectivity index (χ2v) is 7.71. The molecule has 1 fully saturated rings. The summed E-state index contributed by atoms with van der Waals surface area (Å²) in [6, 6.07) is -0.650. The van der Waals surface area contributed by atoms with E-state index in [-0.39, 0.29) is 5.91 Å². The first-order valence-corrected chi connectivity index (χ1v) is 8.74. The number of rotatable bonds is 6. The quantitative estimate of drug-likeness (QED) is 0.830. The predicted molar refractivity (Wildman–Crippen MR) is 88.6 cm³/mol. The number of ether oxygens (including phenoxy) is 1. The fourth-order valence-corrected chi connectivity index (χ4v) is 2.90. The van der Waals surface area contributed by atoms with E-state index in [4.69, 9.17) is 4.74 Å². The highest BCUT2D eigenvalue weighted by Gasteiger charge is 2.29. The first kappa shape index (κ1) is 17.7. The highest BCUT2D eigenvalue weighted by molar-refractivity contribution is 7.15. The van der Waals surface area contributed by atoms with Crippen molar-refractivity contribution in [2.75, 3.05) is 5.32 Å². The van der Waals surface area contributed by atoms with Gasteiger partial charge in [0, 0.05) is 5.92 Å². The summed E-state index contributed by atoms with van der Waals surface area (Å²) >= 11 is 1.40. The summed E-state index contributed by atoms with van der Waals surface area (Å²) in [7, 11) is 0. The van der Waals surface area contributed by atoms with Crippen LogP contribution in [0.4, 0.5) is 9.93 Å². The molecule has 0 saturated heterocycles. The number of carbonyl (C=O) groups excluding carboxylic acids is 2. The Hall–Kier alpha value is -1.70. The number of amides is 2. The lowest BCUT2D eigenvalue weighted by atomic mass is 10.1. The van der Waals surface area contributed by atoms with Gasteiger partial charge in [-0.2, -0.15) is 0 Å². The molecule has 1 atom stereocenters. The molecule has 0 spiro atoms. The van der Waals surface area contributed by atoms with Crippen LogP contribution in [0.2, 0.25) is 0 Å². The number of nitrogens with one attached hydrogen (secondary N) is 2. The molecule has 7 nitrogen and oxygen atoms in total. The van der Waals surface area contributed by atoms with Crippen LogP contribution in [0.3, 0.4) is 0 Å². The molecule has 0 radical (unpaired) electrons. The van der Waals surface area contributed by atoms with E-state index in [1.165, 1.54) is 11.3 Å². The third kappa shape index (κ3) is 5.78. The maximum atomic E-state index is 12.4. The molecule has 1 aliphatic carbocycles. The van der Waals surface area contributed by atoms with Gasteiger partial charge >= 0.3 is 6.09 Å². The Bertz CT molecular complexity index is 563. The van der Waals surface area contributed by atoms with Crippen molar-refractivity contribution in [1.29, 1.82) is 0 Å². The SMILES string of the molecule is CCCC(NC(=O)OC(C)(C)C)C(=O)Nc1nnc(C2CC2)s1. The molecule has 8 heteroatoms. The van der Waals surface area contributed by atoms with Gasteiger partial charge in [0.1, 0.15) is 16.7 Å². The van der Waals surface area contributed by atoms with Crippen molar-refractivity contribution >= 4 is 28.5 Å². The molecular formula is C15H24N4O3S. The van der Waals surface area contributed by atoms with E-state index >= 15 is 0 Å². The lowest BCUT2D eigenvalue weighted by Crippen LogP contribution is -2.45. The zero-order valence-corrected chi connectivity index (χ0v) is 14.8. The molecule has 1 aromatic heterocycles. The van der Waals surface area contributed by atoms with Crippen molar-refractivity contribution in [1.82, 2.24) is 15.5 Å². The van der Waals surface area contributed by atoms with Crippen LogP contribution in [-0.4, -0.2) is 33.8 Å². The van der Waals surface area contributed by atoms with E-state index in [9.17, 15) is 9.59 Å². The molecule has 1 aliphatic rings. The number of anilines is 1. The van der Waals surface area contributed by atoms with Gasteiger partial charge < -0.3 is 10.1 Å². The van der Waals surface area contributed by atoms with Gasteiger partial charge in [0.25, 0.3) is 0 Å². The number of alkyl carbamates (subject to hydrolysis) is 1. The van der Waals surface area contributed by atoms with E-state index in [1.54, 1.807) is 20.8 Å². The van der Waals surface area contributed by atoms with Crippen LogP contribution in [0.25, 0.3) is 0 Å². The van der Waals surface area contributed by atoms with Gasteiger partial charge in [0.05, 0.1) is 0 Å². The second kappa shape index (κ2) is 7.25. The highest BCUT2D eigenvalue weighted by atomic mass is 32.1. The minimum atomic E-state index is -0.650.